The summed E-state index contributed by atoms with van der Waals surface area (Å²) in [5.74, 6) is 0.905. The molecular weight excluding hydrogens is 520 g/mol. The van der Waals surface area contributed by atoms with Crippen molar-refractivity contribution in [1.29, 1.82) is 0 Å². The number of halogens is 2. The zero-order chi connectivity index (χ0) is 21.6. The minimum Gasteiger partial charge on any atom is -0.488 e. The van der Waals surface area contributed by atoms with Crippen molar-refractivity contribution in [2.45, 2.75) is 13.2 Å². The summed E-state index contributed by atoms with van der Waals surface area (Å²) in [6, 6.07) is 23.8. The van der Waals surface area contributed by atoms with Gasteiger partial charge in [-0.1, -0.05) is 58.4 Å². The molecule has 0 N–H and O–H groups in total. The van der Waals surface area contributed by atoms with Gasteiger partial charge in [0.1, 0.15) is 12.4 Å². The van der Waals surface area contributed by atoms with Crippen LogP contribution in [0.4, 0.5) is 0 Å². The van der Waals surface area contributed by atoms with Crippen LogP contribution in [-0.4, -0.2) is 41.9 Å². The number of para-hydroxylation sites is 1. The van der Waals surface area contributed by atoms with E-state index in [-0.39, 0.29) is 5.91 Å². The number of hydrogen-bond donors (Lipinski definition) is 0. The molecule has 0 spiro atoms. The van der Waals surface area contributed by atoms with Crippen molar-refractivity contribution in [2.75, 3.05) is 26.2 Å². The molecule has 160 valence electrons. The first-order chi connectivity index (χ1) is 15.1. The van der Waals surface area contributed by atoms with Gasteiger partial charge in [0.15, 0.2) is 0 Å². The highest BCUT2D eigenvalue weighted by Crippen LogP contribution is 2.25. The molecule has 1 fully saturated rings. The van der Waals surface area contributed by atoms with E-state index in [4.69, 9.17) is 4.74 Å². The van der Waals surface area contributed by atoms with Crippen molar-refractivity contribution >= 4 is 37.8 Å². The number of amides is 1. The van der Waals surface area contributed by atoms with Crippen LogP contribution in [-0.2, 0) is 13.2 Å². The van der Waals surface area contributed by atoms with Gasteiger partial charge in [0.05, 0.1) is 4.47 Å². The summed E-state index contributed by atoms with van der Waals surface area (Å²) < 4.78 is 7.92. The minimum absolute atomic E-state index is 0.0961. The molecule has 0 saturated carbocycles. The van der Waals surface area contributed by atoms with Crippen molar-refractivity contribution in [3.63, 3.8) is 0 Å². The molecule has 1 amide bonds. The zero-order valence-corrected chi connectivity index (χ0v) is 20.3. The van der Waals surface area contributed by atoms with E-state index < -0.39 is 0 Å². The van der Waals surface area contributed by atoms with Crippen molar-refractivity contribution in [1.82, 2.24) is 9.80 Å². The van der Waals surface area contributed by atoms with Crippen LogP contribution >= 0.6 is 31.9 Å². The highest BCUT2D eigenvalue weighted by molar-refractivity contribution is 9.10. The van der Waals surface area contributed by atoms with E-state index in [9.17, 15) is 4.79 Å². The lowest BCUT2D eigenvalue weighted by Crippen LogP contribution is -2.48. The molecule has 1 heterocycles. The van der Waals surface area contributed by atoms with Crippen LogP contribution in [0.25, 0.3) is 0 Å². The van der Waals surface area contributed by atoms with Gasteiger partial charge in [-0.25, -0.2) is 0 Å². The first kappa shape index (κ1) is 22.1. The standard InChI is InChI=1S/C25H24Br2N2O2/c26-22-6-2-1-5-21(22)17-28-13-15-29(16-14-28)25(30)20-11-9-19(10-12-20)18-31-24-8-4-3-7-23(24)27/h1-12H,13-18H2. The molecule has 1 saturated heterocycles. The summed E-state index contributed by atoms with van der Waals surface area (Å²) in [6.07, 6.45) is 0. The summed E-state index contributed by atoms with van der Waals surface area (Å²) in [5, 5.41) is 0. The van der Waals surface area contributed by atoms with Crippen LogP contribution < -0.4 is 4.74 Å². The lowest BCUT2D eigenvalue weighted by Gasteiger charge is -2.35. The topological polar surface area (TPSA) is 32.8 Å². The Labute approximate surface area is 200 Å². The van der Waals surface area contributed by atoms with E-state index >= 15 is 0 Å². The van der Waals surface area contributed by atoms with Crippen LogP contribution in [0.2, 0.25) is 0 Å². The normalized spacial score (nSPS) is 14.5. The van der Waals surface area contributed by atoms with Gasteiger partial charge >= 0.3 is 0 Å². The van der Waals surface area contributed by atoms with E-state index in [0.717, 1.165) is 58.5 Å². The Morgan fingerprint density at radius 2 is 1.45 bits per heavy atom. The summed E-state index contributed by atoms with van der Waals surface area (Å²) in [6.45, 7) is 4.61. The van der Waals surface area contributed by atoms with Crippen LogP contribution in [0.15, 0.2) is 81.7 Å². The number of rotatable bonds is 6. The molecule has 0 aromatic heterocycles. The molecular formula is C25H24Br2N2O2. The van der Waals surface area contributed by atoms with Crippen molar-refractivity contribution in [3.05, 3.63) is 98.4 Å². The predicted molar refractivity (Wildman–Crippen MR) is 130 cm³/mol. The Kier molecular flexibility index (Phi) is 7.43. The Hall–Kier alpha value is -2.15. The highest BCUT2D eigenvalue weighted by atomic mass is 79.9. The second-order valence-electron chi connectivity index (χ2n) is 7.58. The molecule has 0 radical (unpaired) electrons. The maximum atomic E-state index is 12.9. The molecule has 3 aromatic carbocycles. The smallest absolute Gasteiger partial charge is 0.253 e. The largest absolute Gasteiger partial charge is 0.488 e. The van der Waals surface area contributed by atoms with Gasteiger partial charge in [-0.05, 0) is 57.4 Å². The molecule has 0 aliphatic carbocycles. The molecule has 0 bridgehead atoms. The van der Waals surface area contributed by atoms with Gasteiger partial charge in [-0.15, -0.1) is 0 Å². The second-order valence-corrected chi connectivity index (χ2v) is 9.28. The maximum absolute atomic E-state index is 12.9. The third-order valence-corrected chi connectivity index (χ3v) is 6.87. The quantitative estimate of drug-likeness (QED) is 0.397. The van der Waals surface area contributed by atoms with Crippen LogP contribution in [0.3, 0.4) is 0 Å². The molecule has 6 heteroatoms. The zero-order valence-electron chi connectivity index (χ0n) is 17.1. The van der Waals surface area contributed by atoms with E-state index in [1.54, 1.807) is 0 Å². The minimum atomic E-state index is 0.0961. The number of hydrogen-bond acceptors (Lipinski definition) is 3. The molecule has 0 atom stereocenters. The van der Waals surface area contributed by atoms with Gasteiger partial charge in [-0.3, -0.25) is 9.69 Å². The molecule has 4 rings (SSSR count). The molecule has 3 aromatic rings. The van der Waals surface area contributed by atoms with E-state index in [0.29, 0.717) is 6.61 Å². The van der Waals surface area contributed by atoms with Crippen LogP contribution in [0.5, 0.6) is 5.75 Å². The van der Waals surface area contributed by atoms with Gasteiger partial charge in [0.2, 0.25) is 0 Å². The first-order valence-electron chi connectivity index (χ1n) is 10.3. The van der Waals surface area contributed by atoms with Crippen molar-refractivity contribution in [3.8, 4) is 5.75 Å². The third kappa shape index (κ3) is 5.76. The number of carbonyl (C=O) groups is 1. The van der Waals surface area contributed by atoms with Crippen molar-refractivity contribution in [2.24, 2.45) is 0 Å². The summed E-state index contributed by atoms with van der Waals surface area (Å²) in [7, 11) is 0. The van der Waals surface area contributed by atoms with Crippen LogP contribution in [0.1, 0.15) is 21.5 Å². The monoisotopic (exact) mass is 542 g/mol. The highest BCUT2D eigenvalue weighted by Gasteiger charge is 2.22. The van der Waals surface area contributed by atoms with E-state index in [2.05, 4.69) is 55.0 Å². The van der Waals surface area contributed by atoms with Crippen LogP contribution in [0, 0.1) is 0 Å². The Morgan fingerprint density at radius 1 is 0.806 bits per heavy atom. The van der Waals surface area contributed by atoms with E-state index in [1.807, 2.05) is 59.5 Å². The number of nitrogens with zero attached hydrogens (tertiary/aromatic N) is 2. The number of piperazine rings is 1. The third-order valence-electron chi connectivity index (χ3n) is 5.44. The number of carbonyl (C=O) groups excluding carboxylic acids is 1. The van der Waals surface area contributed by atoms with E-state index in [1.165, 1.54) is 5.56 Å². The lowest BCUT2D eigenvalue weighted by atomic mass is 10.1. The second kappa shape index (κ2) is 10.4. The Bertz CT molecular complexity index is 1030. The van der Waals surface area contributed by atoms with Gasteiger partial charge < -0.3 is 9.64 Å². The molecule has 1 aliphatic heterocycles. The molecule has 4 nitrogen and oxygen atoms in total. The molecule has 31 heavy (non-hydrogen) atoms. The average Bonchev–Trinajstić information content (AvgIpc) is 2.80. The summed E-state index contributed by atoms with van der Waals surface area (Å²) in [4.78, 5) is 17.3. The first-order valence-corrected chi connectivity index (χ1v) is 11.9. The average molecular weight is 544 g/mol. The fourth-order valence-electron chi connectivity index (χ4n) is 3.63. The summed E-state index contributed by atoms with van der Waals surface area (Å²) in [5.41, 5.74) is 3.04. The lowest BCUT2D eigenvalue weighted by molar-refractivity contribution is 0.0628. The predicted octanol–water partition coefficient (Wildman–Crippen LogP) is 5.75. The fourth-order valence-corrected chi connectivity index (χ4v) is 4.43. The van der Waals surface area contributed by atoms with Gasteiger partial charge in [-0.2, -0.15) is 0 Å². The number of benzene rings is 3. The van der Waals surface area contributed by atoms with Gasteiger partial charge in [0.25, 0.3) is 5.91 Å². The Morgan fingerprint density at radius 3 is 2.13 bits per heavy atom. The Balaban J connectivity index is 1.29. The number of ether oxygens (including phenoxy) is 1. The maximum Gasteiger partial charge on any atom is 0.253 e. The molecule has 0 unspecified atom stereocenters. The SMILES string of the molecule is O=C(c1ccc(COc2ccccc2Br)cc1)N1CCN(Cc2ccccc2Br)CC1. The van der Waals surface area contributed by atoms with Crippen molar-refractivity contribution < 1.29 is 9.53 Å². The molecule has 1 aliphatic rings. The van der Waals surface area contributed by atoms with Gasteiger partial charge in [0, 0.05) is 42.8 Å². The fraction of sp³-hybridized carbons (Fsp3) is 0.240. The summed E-state index contributed by atoms with van der Waals surface area (Å²) >= 11 is 7.11.